The van der Waals surface area contributed by atoms with Gasteiger partial charge in [0.15, 0.2) is 5.83 Å². The molecule has 16 heavy (non-hydrogen) atoms. The first-order valence-corrected chi connectivity index (χ1v) is 6.10. The summed E-state index contributed by atoms with van der Waals surface area (Å²) in [7, 11) is 0. The molecule has 3 N–H and O–H groups in total. The molecule has 1 atom stereocenters. The van der Waals surface area contributed by atoms with Crippen molar-refractivity contribution < 1.29 is 18.0 Å². The van der Waals surface area contributed by atoms with E-state index in [1.807, 2.05) is 6.26 Å². The topological polar surface area (TPSA) is 55.1 Å². The molecule has 0 saturated carbocycles. The van der Waals surface area contributed by atoms with E-state index in [9.17, 15) is 18.0 Å². The summed E-state index contributed by atoms with van der Waals surface area (Å²) >= 11 is 1.55. The monoisotopic (exact) mass is 256 g/mol. The van der Waals surface area contributed by atoms with Crippen LogP contribution in [0.15, 0.2) is 11.9 Å². The van der Waals surface area contributed by atoms with Gasteiger partial charge in [0.2, 0.25) is 5.91 Å². The fourth-order valence-corrected chi connectivity index (χ4v) is 1.39. The van der Waals surface area contributed by atoms with E-state index in [-0.39, 0.29) is 6.54 Å². The number of carbonyl (C=O) groups excluding carboxylic acids is 1. The summed E-state index contributed by atoms with van der Waals surface area (Å²) in [5, 5.41) is 2.30. The van der Waals surface area contributed by atoms with Crippen molar-refractivity contribution in [1.82, 2.24) is 5.32 Å². The van der Waals surface area contributed by atoms with Crippen molar-refractivity contribution in [3.63, 3.8) is 0 Å². The predicted octanol–water partition coefficient (Wildman–Crippen LogP) is 1.65. The number of hydrogen-bond donors (Lipinski definition) is 2. The van der Waals surface area contributed by atoms with Gasteiger partial charge in [-0.1, -0.05) is 0 Å². The van der Waals surface area contributed by atoms with Crippen molar-refractivity contribution in [3.8, 4) is 0 Å². The lowest BCUT2D eigenvalue weighted by molar-refractivity contribution is -0.122. The zero-order valence-electron chi connectivity index (χ0n) is 8.93. The SMILES string of the molecule is CSCCC(N)C(=O)NCCC(F)=C(F)F. The molecule has 0 aliphatic rings. The summed E-state index contributed by atoms with van der Waals surface area (Å²) in [4.78, 5) is 11.2. The van der Waals surface area contributed by atoms with Gasteiger partial charge in [-0.2, -0.15) is 20.5 Å². The van der Waals surface area contributed by atoms with Crippen LogP contribution in [-0.4, -0.2) is 30.5 Å². The molecule has 94 valence electrons. The second-order valence-electron chi connectivity index (χ2n) is 3.09. The van der Waals surface area contributed by atoms with Gasteiger partial charge in [-0.25, -0.2) is 4.39 Å². The Kier molecular flexibility index (Phi) is 8.10. The van der Waals surface area contributed by atoms with Gasteiger partial charge in [-0.3, -0.25) is 4.79 Å². The summed E-state index contributed by atoms with van der Waals surface area (Å²) in [5.74, 6) is -1.21. The van der Waals surface area contributed by atoms with Crippen molar-refractivity contribution in [1.29, 1.82) is 0 Å². The minimum Gasteiger partial charge on any atom is -0.354 e. The standard InChI is InChI=1S/C9H15F3N2OS/c1-16-5-3-7(13)9(15)14-4-2-6(10)8(11)12/h7H,2-5,13H2,1H3,(H,14,15). The first kappa shape index (κ1) is 15.3. The highest BCUT2D eigenvalue weighted by atomic mass is 32.2. The number of halogens is 3. The fraction of sp³-hybridized carbons (Fsp3) is 0.667. The van der Waals surface area contributed by atoms with Gasteiger partial charge < -0.3 is 11.1 Å². The lowest BCUT2D eigenvalue weighted by Crippen LogP contribution is -2.41. The molecule has 0 spiro atoms. The van der Waals surface area contributed by atoms with Crippen molar-refractivity contribution in [2.24, 2.45) is 5.73 Å². The molecule has 0 rings (SSSR count). The van der Waals surface area contributed by atoms with Crippen LogP contribution in [0, 0.1) is 0 Å². The Labute approximate surface area is 96.6 Å². The van der Waals surface area contributed by atoms with Crippen LogP contribution in [0.4, 0.5) is 13.2 Å². The molecule has 0 bridgehead atoms. The molecule has 0 aromatic rings. The summed E-state index contributed by atoms with van der Waals surface area (Å²) in [6, 6.07) is -0.672. The molecular formula is C9H15F3N2OS. The molecule has 7 heteroatoms. The van der Waals surface area contributed by atoms with Crippen LogP contribution in [-0.2, 0) is 4.79 Å². The lowest BCUT2D eigenvalue weighted by Gasteiger charge is -2.10. The number of amides is 1. The molecule has 0 aliphatic heterocycles. The molecule has 0 aliphatic carbocycles. The molecule has 3 nitrogen and oxygen atoms in total. The maximum atomic E-state index is 12.3. The van der Waals surface area contributed by atoms with Gasteiger partial charge in [0, 0.05) is 13.0 Å². The van der Waals surface area contributed by atoms with Crippen molar-refractivity contribution in [3.05, 3.63) is 11.9 Å². The number of rotatable bonds is 7. The molecular weight excluding hydrogens is 241 g/mol. The van der Waals surface area contributed by atoms with Gasteiger partial charge in [-0.05, 0) is 18.4 Å². The van der Waals surface area contributed by atoms with E-state index in [1.54, 1.807) is 11.8 Å². The van der Waals surface area contributed by atoms with Crippen LogP contribution < -0.4 is 11.1 Å². The maximum Gasteiger partial charge on any atom is 0.301 e. The summed E-state index contributed by atoms with van der Waals surface area (Å²) in [6.07, 6.45) is -0.470. The molecule has 0 radical (unpaired) electrons. The van der Waals surface area contributed by atoms with Gasteiger partial charge in [0.05, 0.1) is 6.04 Å². The highest BCUT2D eigenvalue weighted by molar-refractivity contribution is 7.98. The van der Waals surface area contributed by atoms with E-state index in [1.165, 1.54) is 0 Å². The fourth-order valence-electron chi connectivity index (χ4n) is 0.897. The van der Waals surface area contributed by atoms with E-state index >= 15 is 0 Å². The molecule has 0 aromatic carbocycles. The van der Waals surface area contributed by atoms with Crippen LogP contribution in [0.5, 0.6) is 0 Å². The van der Waals surface area contributed by atoms with E-state index in [0.29, 0.717) is 6.42 Å². The van der Waals surface area contributed by atoms with E-state index in [2.05, 4.69) is 5.32 Å². The van der Waals surface area contributed by atoms with E-state index in [4.69, 9.17) is 5.73 Å². The Morgan fingerprint density at radius 2 is 2.06 bits per heavy atom. The number of thioether (sulfide) groups is 1. The summed E-state index contributed by atoms with van der Waals surface area (Å²) < 4.78 is 35.6. The Morgan fingerprint density at radius 1 is 1.44 bits per heavy atom. The van der Waals surface area contributed by atoms with Crippen molar-refractivity contribution in [2.45, 2.75) is 18.9 Å². The Hall–Kier alpha value is -0.690. The molecule has 0 heterocycles. The predicted molar refractivity (Wildman–Crippen MR) is 59.0 cm³/mol. The smallest absolute Gasteiger partial charge is 0.301 e. The zero-order chi connectivity index (χ0) is 12.6. The van der Waals surface area contributed by atoms with Crippen LogP contribution >= 0.6 is 11.8 Å². The quantitative estimate of drug-likeness (QED) is 0.728. The van der Waals surface area contributed by atoms with Crippen LogP contribution in [0.3, 0.4) is 0 Å². The van der Waals surface area contributed by atoms with E-state index < -0.39 is 30.3 Å². The van der Waals surface area contributed by atoms with Gasteiger partial charge in [0.25, 0.3) is 0 Å². The minimum atomic E-state index is -2.35. The second kappa shape index (κ2) is 8.46. The second-order valence-corrected chi connectivity index (χ2v) is 4.08. The Balaban J connectivity index is 3.77. The number of hydrogen-bond acceptors (Lipinski definition) is 3. The largest absolute Gasteiger partial charge is 0.354 e. The summed E-state index contributed by atoms with van der Waals surface area (Å²) in [5.41, 5.74) is 5.50. The zero-order valence-corrected chi connectivity index (χ0v) is 9.75. The summed E-state index contributed by atoms with van der Waals surface area (Å²) in [6.45, 7) is -0.172. The number of carbonyl (C=O) groups is 1. The first-order chi connectivity index (χ1) is 7.49. The van der Waals surface area contributed by atoms with Gasteiger partial charge >= 0.3 is 6.08 Å². The number of nitrogens with one attached hydrogen (secondary N) is 1. The molecule has 0 saturated heterocycles. The normalized spacial score (nSPS) is 12.1. The van der Waals surface area contributed by atoms with E-state index in [0.717, 1.165) is 5.75 Å². The van der Waals surface area contributed by atoms with Gasteiger partial charge in [-0.15, -0.1) is 0 Å². The average Bonchev–Trinajstić information content (AvgIpc) is 2.25. The molecule has 0 aromatic heterocycles. The molecule has 1 amide bonds. The van der Waals surface area contributed by atoms with Crippen LogP contribution in [0.1, 0.15) is 12.8 Å². The Morgan fingerprint density at radius 3 is 2.56 bits per heavy atom. The third-order valence-corrected chi connectivity index (χ3v) is 2.46. The Bertz CT molecular complexity index is 257. The van der Waals surface area contributed by atoms with Crippen molar-refractivity contribution >= 4 is 17.7 Å². The third-order valence-electron chi connectivity index (χ3n) is 1.82. The van der Waals surface area contributed by atoms with Crippen LogP contribution in [0.25, 0.3) is 0 Å². The highest BCUT2D eigenvalue weighted by Gasteiger charge is 2.12. The maximum absolute atomic E-state index is 12.3. The molecule has 0 fully saturated rings. The average molecular weight is 256 g/mol. The van der Waals surface area contributed by atoms with Gasteiger partial charge in [0.1, 0.15) is 0 Å². The molecule has 1 unspecified atom stereocenters. The first-order valence-electron chi connectivity index (χ1n) is 4.71. The van der Waals surface area contributed by atoms with Crippen LogP contribution in [0.2, 0.25) is 0 Å². The lowest BCUT2D eigenvalue weighted by atomic mass is 10.2. The van der Waals surface area contributed by atoms with Crippen molar-refractivity contribution in [2.75, 3.05) is 18.6 Å². The highest BCUT2D eigenvalue weighted by Crippen LogP contribution is 2.11. The minimum absolute atomic E-state index is 0.172. The third kappa shape index (κ3) is 6.73. The number of nitrogens with two attached hydrogens (primary N) is 1.